The Balaban J connectivity index is 0.000001000. The summed E-state index contributed by atoms with van der Waals surface area (Å²) in [7, 11) is 3.28. The number of rotatable bonds is 2. The van der Waals surface area contributed by atoms with E-state index in [0.717, 1.165) is 11.5 Å². The molecule has 1 rings (SSSR count). The second-order valence-corrected chi connectivity index (χ2v) is 1.88. The maximum absolute atomic E-state index is 4.96. The van der Waals surface area contributed by atoms with Gasteiger partial charge in [-0.05, 0) is 24.3 Å². The predicted octanol–water partition coefficient (Wildman–Crippen LogP) is 2.32. The second kappa shape index (κ2) is 5.23. The molecule has 1 aromatic rings. The lowest BCUT2D eigenvalue weighted by Crippen LogP contribution is -1.83. The van der Waals surface area contributed by atoms with E-state index in [2.05, 4.69) is 0 Å². The fourth-order valence-electron chi connectivity index (χ4n) is 0.712. The molecule has 0 radical (unpaired) electrons. The van der Waals surface area contributed by atoms with E-state index in [9.17, 15) is 0 Å². The second-order valence-electron chi connectivity index (χ2n) is 1.88. The third-order valence-electron chi connectivity index (χ3n) is 1.30. The summed E-state index contributed by atoms with van der Waals surface area (Å²) in [5.74, 6) is 1.70. The van der Waals surface area contributed by atoms with Crippen LogP contribution in [-0.4, -0.2) is 14.2 Å². The topological polar surface area (TPSA) is 18.5 Å². The Bertz CT molecular complexity index is 173. The van der Waals surface area contributed by atoms with Crippen molar-refractivity contribution in [3.63, 3.8) is 0 Å². The highest BCUT2D eigenvalue weighted by atomic mass is 127. The average molecular weight is 266 g/mol. The van der Waals surface area contributed by atoms with Crippen molar-refractivity contribution in [3.8, 4) is 11.5 Å². The molecule has 0 spiro atoms. The Morgan fingerprint density at radius 1 is 0.818 bits per heavy atom. The van der Waals surface area contributed by atoms with Gasteiger partial charge in [-0.2, -0.15) is 0 Å². The molecule has 0 saturated carbocycles. The van der Waals surface area contributed by atoms with E-state index in [1.165, 1.54) is 0 Å². The van der Waals surface area contributed by atoms with Crippen LogP contribution < -0.4 is 9.47 Å². The molecule has 2 nitrogen and oxygen atoms in total. The number of halogens is 1. The van der Waals surface area contributed by atoms with Crippen molar-refractivity contribution in [1.29, 1.82) is 0 Å². The fourth-order valence-corrected chi connectivity index (χ4v) is 0.712. The molecule has 0 bridgehead atoms. The van der Waals surface area contributed by atoms with Crippen LogP contribution in [0.15, 0.2) is 24.3 Å². The molecule has 0 aliphatic carbocycles. The van der Waals surface area contributed by atoms with Gasteiger partial charge in [0, 0.05) is 0 Å². The summed E-state index contributed by atoms with van der Waals surface area (Å²) in [6.07, 6.45) is 0. The molecule has 0 unspecified atom stereocenters. The number of hydrogen-bond acceptors (Lipinski definition) is 2. The van der Waals surface area contributed by atoms with E-state index >= 15 is 0 Å². The highest BCUT2D eigenvalue weighted by Crippen LogP contribution is 2.15. The zero-order valence-corrected chi connectivity index (χ0v) is 8.86. The molecule has 0 aliphatic rings. The van der Waals surface area contributed by atoms with Crippen LogP contribution in [0.25, 0.3) is 0 Å². The summed E-state index contributed by atoms with van der Waals surface area (Å²) in [6.45, 7) is 0. The zero-order chi connectivity index (χ0) is 7.40. The lowest BCUT2D eigenvalue weighted by molar-refractivity contribution is 0.403. The van der Waals surface area contributed by atoms with Gasteiger partial charge in [0.2, 0.25) is 0 Å². The molecule has 0 heterocycles. The maximum Gasteiger partial charge on any atom is 0.119 e. The quantitative estimate of drug-likeness (QED) is 0.765. The van der Waals surface area contributed by atoms with Gasteiger partial charge in [-0.25, -0.2) is 0 Å². The first kappa shape index (κ1) is 10.6. The first-order valence-electron chi connectivity index (χ1n) is 3.05. The van der Waals surface area contributed by atoms with Crippen LogP contribution >= 0.6 is 24.0 Å². The smallest absolute Gasteiger partial charge is 0.119 e. The third kappa shape index (κ3) is 2.96. The summed E-state index contributed by atoms with van der Waals surface area (Å²) < 4.78 is 9.92. The van der Waals surface area contributed by atoms with Crippen LogP contribution in [0, 0.1) is 0 Å². The van der Waals surface area contributed by atoms with E-state index in [1.54, 1.807) is 14.2 Å². The van der Waals surface area contributed by atoms with E-state index in [4.69, 9.17) is 9.47 Å². The summed E-state index contributed by atoms with van der Waals surface area (Å²) in [4.78, 5) is 0. The number of benzene rings is 1. The molecule has 0 saturated heterocycles. The van der Waals surface area contributed by atoms with Gasteiger partial charge < -0.3 is 9.47 Å². The minimum absolute atomic E-state index is 0. The summed E-state index contributed by atoms with van der Waals surface area (Å²) >= 11 is 0. The third-order valence-corrected chi connectivity index (χ3v) is 1.30. The van der Waals surface area contributed by atoms with E-state index in [0.29, 0.717) is 0 Å². The minimum Gasteiger partial charge on any atom is -0.497 e. The Morgan fingerprint density at radius 2 is 1.09 bits per heavy atom. The highest BCUT2D eigenvalue weighted by Gasteiger charge is 1.89. The molecule has 62 valence electrons. The lowest BCUT2D eigenvalue weighted by atomic mass is 10.3. The van der Waals surface area contributed by atoms with Crippen molar-refractivity contribution in [1.82, 2.24) is 0 Å². The molecule has 0 N–H and O–H groups in total. The van der Waals surface area contributed by atoms with Crippen LogP contribution in [0.2, 0.25) is 0 Å². The number of ether oxygens (including phenoxy) is 2. The van der Waals surface area contributed by atoms with E-state index in [-0.39, 0.29) is 24.0 Å². The van der Waals surface area contributed by atoms with Crippen molar-refractivity contribution in [2.75, 3.05) is 14.2 Å². The Labute approximate surface area is 83.5 Å². The maximum atomic E-state index is 4.96. The molecule has 11 heavy (non-hydrogen) atoms. The van der Waals surface area contributed by atoms with Crippen molar-refractivity contribution in [3.05, 3.63) is 24.3 Å². The summed E-state index contributed by atoms with van der Waals surface area (Å²) in [6, 6.07) is 7.44. The van der Waals surface area contributed by atoms with E-state index in [1.807, 2.05) is 24.3 Å². The number of methoxy groups -OCH3 is 2. The fraction of sp³-hybridized carbons (Fsp3) is 0.250. The predicted molar refractivity (Wildman–Crippen MR) is 55.0 cm³/mol. The van der Waals surface area contributed by atoms with Crippen LogP contribution in [0.3, 0.4) is 0 Å². The molecule has 0 fully saturated rings. The van der Waals surface area contributed by atoms with Crippen LogP contribution in [0.1, 0.15) is 0 Å². The monoisotopic (exact) mass is 266 g/mol. The van der Waals surface area contributed by atoms with Crippen LogP contribution in [0.5, 0.6) is 11.5 Å². The van der Waals surface area contributed by atoms with Gasteiger partial charge in [0.1, 0.15) is 11.5 Å². The molecule has 0 amide bonds. The van der Waals surface area contributed by atoms with Gasteiger partial charge in [0.15, 0.2) is 0 Å². The first-order valence-corrected chi connectivity index (χ1v) is 3.05. The minimum atomic E-state index is 0. The zero-order valence-electron chi connectivity index (χ0n) is 6.53. The normalized spacial score (nSPS) is 8.18. The highest BCUT2D eigenvalue weighted by molar-refractivity contribution is 14.0. The molecule has 1 aromatic carbocycles. The SMILES string of the molecule is COc1ccc(OC)cc1.I. The molecule has 0 aromatic heterocycles. The molecular formula is C8H11IO2. The Hall–Kier alpha value is -0.450. The largest absolute Gasteiger partial charge is 0.497 e. The van der Waals surface area contributed by atoms with Crippen molar-refractivity contribution in [2.45, 2.75) is 0 Å². The van der Waals surface area contributed by atoms with Gasteiger partial charge in [0.25, 0.3) is 0 Å². The van der Waals surface area contributed by atoms with Gasteiger partial charge in [-0.15, -0.1) is 24.0 Å². The summed E-state index contributed by atoms with van der Waals surface area (Å²) in [5, 5.41) is 0. The van der Waals surface area contributed by atoms with Crippen molar-refractivity contribution < 1.29 is 9.47 Å². The van der Waals surface area contributed by atoms with Gasteiger partial charge in [-0.3, -0.25) is 0 Å². The molecule has 3 heteroatoms. The first-order chi connectivity index (χ1) is 4.86. The molecular weight excluding hydrogens is 255 g/mol. The summed E-state index contributed by atoms with van der Waals surface area (Å²) in [5.41, 5.74) is 0. The van der Waals surface area contributed by atoms with Crippen molar-refractivity contribution in [2.24, 2.45) is 0 Å². The molecule has 0 atom stereocenters. The van der Waals surface area contributed by atoms with Crippen LogP contribution in [-0.2, 0) is 0 Å². The standard InChI is InChI=1S/C8H10O2.HI/c1-9-7-3-5-8(10-2)6-4-7;/h3-6H,1-2H3;1H. The number of hydrogen-bond donors (Lipinski definition) is 0. The lowest BCUT2D eigenvalue weighted by Gasteiger charge is -2.00. The van der Waals surface area contributed by atoms with Crippen LogP contribution in [0.4, 0.5) is 0 Å². The Morgan fingerprint density at radius 3 is 1.27 bits per heavy atom. The van der Waals surface area contributed by atoms with Crippen molar-refractivity contribution >= 4 is 24.0 Å². The Kier molecular flexibility index (Phi) is 5.02. The van der Waals surface area contributed by atoms with Gasteiger partial charge >= 0.3 is 0 Å². The van der Waals surface area contributed by atoms with Gasteiger partial charge in [-0.1, -0.05) is 0 Å². The van der Waals surface area contributed by atoms with E-state index < -0.39 is 0 Å². The average Bonchev–Trinajstić information content (AvgIpc) is 2.05. The van der Waals surface area contributed by atoms with Gasteiger partial charge in [0.05, 0.1) is 14.2 Å². The molecule has 0 aliphatic heterocycles.